The van der Waals surface area contributed by atoms with Crippen molar-refractivity contribution < 1.29 is 24.1 Å². The van der Waals surface area contributed by atoms with Gasteiger partial charge in [0.25, 0.3) is 0 Å². The third-order valence-electron chi connectivity index (χ3n) is 5.38. The summed E-state index contributed by atoms with van der Waals surface area (Å²) in [6, 6.07) is 10.8. The predicted octanol–water partition coefficient (Wildman–Crippen LogP) is 3.14. The van der Waals surface area contributed by atoms with Crippen LogP contribution >= 0.6 is 0 Å². The molecule has 0 saturated carbocycles. The molecule has 0 bridgehead atoms. The Balaban J connectivity index is 1.67. The molecule has 4 rings (SSSR count). The fraction of sp³-hybridized carbons (Fsp3) is 0.333. The van der Waals surface area contributed by atoms with Gasteiger partial charge in [0.05, 0.1) is 46.8 Å². The topological polar surface area (TPSA) is 91.1 Å². The third kappa shape index (κ3) is 5.10. The molecule has 1 saturated heterocycles. The number of phenols is 1. The number of rotatable bonds is 8. The van der Waals surface area contributed by atoms with Gasteiger partial charge in [-0.25, -0.2) is 9.67 Å². The number of methoxy groups -OCH3 is 3. The SMILES string of the molecule is COc1cc(/C=C/c2nc(-c3ccccc3O)n(CN3CCOCC3)n2)cc(OC)c1OC. The van der Waals surface area contributed by atoms with Crippen LogP contribution in [0.5, 0.6) is 23.0 Å². The Bertz CT molecular complexity index is 1100. The van der Waals surface area contributed by atoms with Gasteiger partial charge in [-0.05, 0) is 35.9 Å². The van der Waals surface area contributed by atoms with Crippen LogP contribution in [0.25, 0.3) is 23.5 Å². The van der Waals surface area contributed by atoms with Crippen molar-refractivity contribution in [2.24, 2.45) is 0 Å². The van der Waals surface area contributed by atoms with Crippen LogP contribution < -0.4 is 14.2 Å². The lowest BCUT2D eigenvalue weighted by Gasteiger charge is -2.26. The first kappa shape index (κ1) is 22.6. The number of phenolic OH excluding ortho intramolecular Hbond substituents is 1. The summed E-state index contributed by atoms with van der Waals surface area (Å²) in [5.41, 5.74) is 1.48. The molecule has 3 aromatic rings. The molecule has 2 aromatic carbocycles. The Morgan fingerprint density at radius 2 is 1.70 bits per heavy atom. The molecule has 0 amide bonds. The molecular weight excluding hydrogens is 424 g/mol. The number of aromatic hydroxyl groups is 1. The zero-order valence-electron chi connectivity index (χ0n) is 19.0. The maximum atomic E-state index is 10.4. The highest BCUT2D eigenvalue weighted by molar-refractivity contribution is 5.72. The standard InChI is InChI=1S/C24H28N4O5/c1-30-20-14-17(15-21(31-2)23(20)32-3)8-9-22-25-24(18-6-4-5-7-19(18)29)28(26-22)16-27-10-12-33-13-11-27/h4-9,14-15,29H,10-13,16H2,1-3H3/b9-8+. The molecule has 1 N–H and O–H groups in total. The molecule has 0 unspecified atom stereocenters. The van der Waals surface area contributed by atoms with E-state index in [9.17, 15) is 5.11 Å². The molecule has 0 aliphatic carbocycles. The van der Waals surface area contributed by atoms with Crippen molar-refractivity contribution in [3.8, 4) is 34.4 Å². The van der Waals surface area contributed by atoms with E-state index >= 15 is 0 Å². The van der Waals surface area contributed by atoms with E-state index < -0.39 is 0 Å². The molecule has 1 aliphatic heterocycles. The summed E-state index contributed by atoms with van der Waals surface area (Å²) in [5.74, 6) is 2.95. The first-order chi connectivity index (χ1) is 16.1. The van der Waals surface area contributed by atoms with E-state index in [-0.39, 0.29) is 5.75 Å². The summed E-state index contributed by atoms with van der Waals surface area (Å²) in [4.78, 5) is 6.95. The highest BCUT2D eigenvalue weighted by Crippen LogP contribution is 2.38. The van der Waals surface area contributed by atoms with Crippen molar-refractivity contribution in [3.63, 3.8) is 0 Å². The second kappa shape index (κ2) is 10.4. The van der Waals surface area contributed by atoms with Gasteiger partial charge in [-0.1, -0.05) is 18.2 Å². The van der Waals surface area contributed by atoms with Crippen LogP contribution in [0.4, 0.5) is 0 Å². The number of hydrogen-bond donors (Lipinski definition) is 1. The molecule has 33 heavy (non-hydrogen) atoms. The molecule has 2 heterocycles. The Morgan fingerprint density at radius 1 is 1.00 bits per heavy atom. The first-order valence-corrected chi connectivity index (χ1v) is 10.6. The van der Waals surface area contributed by atoms with Crippen molar-refractivity contribution in [2.45, 2.75) is 6.67 Å². The molecule has 0 atom stereocenters. The average Bonchev–Trinajstić information content (AvgIpc) is 3.25. The number of ether oxygens (including phenoxy) is 4. The second-order valence-corrected chi connectivity index (χ2v) is 7.47. The zero-order chi connectivity index (χ0) is 23.2. The van der Waals surface area contributed by atoms with E-state index in [1.165, 1.54) is 0 Å². The van der Waals surface area contributed by atoms with Crippen molar-refractivity contribution in [1.29, 1.82) is 0 Å². The number of para-hydroxylation sites is 1. The molecule has 9 nitrogen and oxygen atoms in total. The van der Waals surface area contributed by atoms with Gasteiger partial charge in [-0.3, -0.25) is 4.90 Å². The van der Waals surface area contributed by atoms with Crippen molar-refractivity contribution >= 4 is 12.2 Å². The van der Waals surface area contributed by atoms with Gasteiger partial charge in [-0.15, -0.1) is 5.10 Å². The Morgan fingerprint density at radius 3 is 2.33 bits per heavy atom. The van der Waals surface area contributed by atoms with Crippen molar-refractivity contribution in [2.75, 3.05) is 47.6 Å². The fourth-order valence-electron chi connectivity index (χ4n) is 3.69. The van der Waals surface area contributed by atoms with Gasteiger partial charge in [-0.2, -0.15) is 0 Å². The Hall–Kier alpha value is -3.56. The number of morpholine rings is 1. The van der Waals surface area contributed by atoms with Gasteiger partial charge >= 0.3 is 0 Å². The van der Waals surface area contributed by atoms with Crippen LogP contribution in [0, 0.1) is 0 Å². The van der Waals surface area contributed by atoms with Crippen LogP contribution in [-0.2, 0) is 11.4 Å². The second-order valence-electron chi connectivity index (χ2n) is 7.47. The minimum atomic E-state index is 0.160. The highest BCUT2D eigenvalue weighted by atomic mass is 16.5. The van der Waals surface area contributed by atoms with E-state index in [4.69, 9.17) is 29.0 Å². The average molecular weight is 453 g/mol. The van der Waals surface area contributed by atoms with E-state index in [1.54, 1.807) is 33.5 Å². The summed E-state index contributed by atoms with van der Waals surface area (Å²) < 4.78 is 23.5. The van der Waals surface area contributed by atoms with Crippen LogP contribution in [0.2, 0.25) is 0 Å². The fourth-order valence-corrected chi connectivity index (χ4v) is 3.69. The number of benzene rings is 2. The van der Waals surface area contributed by atoms with Crippen molar-refractivity contribution in [1.82, 2.24) is 19.7 Å². The largest absolute Gasteiger partial charge is 0.507 e. The summed E-state index contributed by atoms with van der Waals surface area (Å²) in [7, 11) is 4.73. The minimum Gasteiger partial charge on any atom is -0.507 e. The molecule has 1 aliphatic rings. The maximum absolute atomic E-state index is 10.4. The van der Waals surface area contributed by atoms with Crippen molar-refractivity contribution in [3.05, 3.63) is 47.8 Å². The number of aromatic nitrogens is 3. The summed E-state index contributed by atoms with van der Waals surface area (Å²) in [6.07, 6.45) is 3.70. The van der Waals surface area contributed by atoms with E-state index in [2.05, 4.69) is 4.90 Å². The van der Waals surface area contributed by atoms with Gasteiger partial charge in [0.1, 0.15) is 5.75 Å². The highest BCUT2D eigenvalue weighted by Gasteiger charge is 2.18. The lowest BCUT2D eigenvalue weighted by molar-refractivity contribution is 0.0216. The summed E-state index contributed by atoms with van der Waals surface area (Å²) in [5, 5.41) is 15.1. The monoisotopic (exact) mass is 452 g/mol. The Labute approximate surface area is 192 Å². The van der Waals surface area contributed by atoms with Gasteiger partial charge in [0, 0.05) is 13.1 Å². The van der Waals surface area contributed by atoms with Crippen LogP contribution in [0.15, 0.2) is 36.4 Å². The van der Waals surface area contributed by atoms with Crippen LogP contribution in [0.1, 0.15) is 11.4 Å². The first-order valence-electron chi connectivity index (χ1n) is 10.6. The summed E-state index contributed by atoms with van der Waals surface area (Å²) in [6.45, 7) is 3.56. The number of nitrogens with zero attached hydrogens (tertiary/aromatic N) is 4. The molecule has 9 heteroatoms. The lowest BCUT2D eigenvalue weighted by atomic mass is 10.1. The van der Waals surface area contributed by atoms with Gasteiger partial charge in [0.2, 0.25) is 5.75 Å². The lowest BCUT2D eigenvalue weighted by Crippen LogP contribution is -2.37. The molecule has 0 radical (unpaired) electrons. The zero-order valence-corrected chi connectivity index (χ0v) is 19.0. The quantitative estimate of drug-likeness (QED) is 0.558. The van der Waals surface area contributed by atoms with Crippen LogP contribution in [-0.4, -0.2) is 72.4 Å². The van der Waals surface area contributed by atoms with E-state index in [0.717, 1.165) is 18.7 Å². The van der Waals surface area contributed by atoms with E-state index in [0.29, 0.717) is 54.3 Å². The normalized spacial score (nSPS) is 14.5. The number of hydrogen-bond acceptors (Lipinski definition) is 8. The molecule has 174 valence electrons. The predicted molar refractivity (Wildman–Crippen MR) is 125 cm³/mol. The molecule has 0 spiro atoms. The third-order valence-corrected chi connectivity index (χ3v) is 5.38. The van der Waals surface area contributed by atoms with Crippen LogP contribution in [0.3, 0.4) is 0 Å². The Kier molecular flexibility index (Phi) is 7.11. The van der Waals surface area contributed by atoms with E-state index in [1.807, 2.05) is 41.1 Å². The molecule has 1 fully saturated rings. The molecule has 1 aromatic heterocycles. The smallest absolute Gasteiger partial charge is 0.203 e. The maximum Gasteiger partial charge on any atom is 0.203 e. The summed E-state index contributed by atoms with van der Waals surface area (Å²) >= 11 is 0. The minimum absolute atomic E-state index is 0.160. The molecular formula is C24H28N4O5. The van der Waals surface area contributed by atoms with Gasteiger partial charge < -0.3 is 24.1 Å². The van der Waals surface area contributed by atoms with Gasteiger partial charge in [0.15, 0.2) is 23.1 Å².